The van der Waals surface area contributed by atoms with E-state index < -0.39 is 5.91 Å². The van der Waals surface area contributed by atoms with Gasteiger partial charge in [0, 0.05) is 16.8 Å². The van der Waals surface area contributed by atoms with Gasteiger partial charge >= 0.3 is 0 Å². The lowest BCUT2D eigenvalue weighted by molar-refractivity contribution is -0.113. The minimum atomic E-state index is -0.407. The Hall–Kier alpha value is -2.69. The maximum absolute atomic E-state index is 11.6. The van der Waals surface area contributed by atoms with Crippen molar-refractivity contribution in [3.8, 4) is 0 Å². The highest BCUT2D eigenvalue weighted by molar-refractivity contribution is 6.12. The smallest absolute Gasteiger partial charge is 0.246 e. The van der Waals surface area contributed by atoms with E-state index in [1.165, 1.54) is 11.9 Å². The number of hydrogen-bond acceptors (Lipinski definition) is 4. The van der Waals surface area contributed by atoms with Gasteiger partial charge in [0.2, 0.25) is 5.91 Å². The Labute approximate surface area is 128 Å². The number of nitrogens with two attached hydrogens (primary N) is 1. The van der Waals surface area contributed by atoms with Gasteiger partial charge in [-0.05, 0) is 25.3 Å². The first-order valence-corrected chi connectivity index (χ1v) is 7.32. The summed E-state index contributed by atoms with van der Waals surface area (Å²) in [7, 11) is 0. The Balaban J connectivity index is 2.02. The fourth-order valence-corrected chi connectivity index (χ4v) is 2.69. The molecular weight excluding hydrogens is 276 g/mol. The third kappa shape index (κ3) is 2.70. The molecule has 1 atom stereocenters. The molecule has 0 aliphatic heterocycles. The van der Waals surface area contributed by atoms with Gasteiger partial charge in [-0.2, -0.15) is 0 Å². The zero-order valence-corrected chi connectivity index (χ0v) is 12.4. The fourth-order valence-electron chi connectivity index (χ4n) is 2.69. The number of rotatable bonds is 4. The highest BCUT2D eigenvalue weighted by Gasteiger charge is 2.14. The lowest BCUT2D eigenvalue weighted by atomic mass is 10.0. The van der Waals surface area contributed by atoms with Crippen molar-refractivity contribution in [1.82, 2.24) is 9.97 Å². The van der Waals surface area contributed by atoms with Crippen LogP contribution in [0.25, 0.3) is 11.6 Å². The van der Waals surface area contributed by atoms with Gasteiger partial charge in [0.15, 0.2) is 0 Å². The second kappa shape index (κ2) is 5.97. The van der Waals surface area contributed by atoms with Crippen molar-refractivity contribution in [2.45, 2.75) is 25.8 Å². The fraction of sp³-hybridized carbons (Fsp3) is 0.235. The van der Waals surface area contributed by atoms with Gasteiger partial charge in [0.25, 0.3) is 0 Å². The van der Waals surface area contributed by atoms with Gasteiger partial charge in [-0.25, -0.2) is 9.97 Å². The molecule has 0 saturated carbocycles. The summed E-state index contributed by atoms with van der Waals surface area (Å²) in [5.74, 6) is 0.329. The summed E-state index contributed by atoms with van der Waals surface area (Å²) in [6.07, 6.45) is 4.93. The average Bonchev–Trinajstić information content (AvgIpc) is 2.55. The van der Waals surface area contributed by atoms with Crippen molar-refractivity contribution in [1.29, 1.82) is 0 Å². The summed E-state index contributed by atoms with van der Waals surface area (Å²) < 4.78 is 0. The minimum absolute atomic E-state index is 0.104. The van der Waals surface area contributed by atoms with Gasteiger partial charge in [-0.1, -0.05) is 36.4 Å². The van der Waals surface area contributed by atoms with E-state index in [-0.39, 0.29) is 6.04 Å². The molecule has 0 bridgehead atoms. The molecule has 0 fully saturated rings. The molecule has 5 nitrogen and oxygen atoms in total. The van der Waals surface area contributed by atoms with E-state index in [0.29, 0.717) is 17.3 Å². The van der Waals surface area contributed by atoms with Crippen LogP contribution in [0.4, 0.5) is 5.82 Å². The molecule has 3 N–H and O–H groups in total. The highest BCUT2D eigenvalue weighted by Crippen LogP contribution is 2.15. The molecule has 112 valence electrons. The number of aromatic nitrogens is 2. The number of carbonyl (C=O) groups excluding carboxylic acids is 1. The van der Waals surface area contributed by atoms with E-state index in [1.807, 2.05) is 18.2 Å². The van der Waals surface area contributed by atoms with Crippen LogP contribution in [0.5, 0.6) is 0 Å². The number of fused-ring (bicyclic) bond motifs is 1. The Kier molecular flexibility index (Phi) is 3.87. The van der Waals surface area contributed by atoms with E-state index in [1.54, 1.807) is 0 Å². The summed E-state index contributed by atoms with van der Waals surface area (Å²) >= 11 is 0. The Morgan fingerprint density at radius 1 is 1.27 bits per heavy atom. The molecule has 1 aliphatic carbocycles. The first kappa shape index (κ1) is 14.3. The maximum atomic E-state index is 11.6. The Bertz CT molecular complexity index is 814. The summed E-state index contributed by atoms with van der Waals surface area (Å²) in [5.41, 5.74) is 7.20. The number of primary amides is 1. The number of nitrogens with one attached hydrogen (secondary N) is 1. The van der Waals surface area contributed by atoms with Gasteiger partial charge in [-0.15, -0.1) is 0 Å². The second-order valence-electron chi connectivity index (χ2n) is 5.35. The van der Waals surface area contributed by atoms with Gasteiger partial charge < -0.3 is 11.1 Å². The second-order valence-corrected chi connectivity index (χ2v) is 5.35. The molecule has 0 spiro atoms. The molecule has 1 aliphatic rings. The van der Waals surface area contributed by atoms with Crippen LogP contribution < -0.4 is 21.6 Å². The molecule has 0 radical (unpaired) electrons. The quantitative estimate of drug-likeness (QED) is 0.876. The van der Waals surface area contributed by atoms with E-state index in [9.17, 15) is 4.79 Å². The van der Waals surface area contributed by atoms with Crippen LogP contribution in [0, 0.1) is 0 Å². The molecule has 2 aromatic rings. The van der Waals surface area contributed by atoms with E-state index in [2.05, 4.69) is 40.4 Å². The molecule has 22 heavy (non-hydrogen) atoms. The van der Waals surface area contributed by atoms with Crippen LogP contribution >= 0.6 is 0 Å². The van der Waals surface area contributed by atoms with Crippen molar-refractivity contribution >= 4 is 23.4 Å². The van der Waals surface area contributed by atoms with Crippen molar-refractivity contribution in [3.63, 3.8) is 0 Å². The monoisotopic (exact) mass is 294 g/mol. The van der Waals surface area contributed by atoms with Crippen molar-refractivity contribution < 1.29 is 4.79 Å². The summed E-state index contributed by atoms with van der Waals surface area (Å²) in [5, 5.41) is 4.91. The van der Waals surface area contributed by atoms with Crippen molar-refractivity contribution in [3.05, 3.63) is 52.8 Å². The third-order valence-electron chi connectivity index (χ3n) is 3.86. The van der Waals surface area contributed by atoms with E-state index in [0.717, 1.165) is 17.5 Å². The third-order valence-corrected chi connectivity index (χ3v) is 3.86. The van der Waals surface area contributed by atoms with Crippen LogP contribution in [0.15, 0.2) is 36.7 Å². The molecule has 1 aromatic heterocycles. The number of anilines is 1. The van der Waals surface area contributed by atoms with Crippen molar-refractivity contribution in [2.24, 2.45) is 5.73 Å². The largest absolute Gasteiger partial charge is 0.366 e. The standard InChI is InChI=1S/C17H18N4O/c1-11(12-6-3-2-4-7-12)21-17-14-9-5-8-13(16(18)22)15(14)19-10-20-17/h2-4,6-7,9-11H,5,8H2,1H3,(H2,18,22)(H,19,20,21)/t11-/m1/s1. The maximum Gasteiger partial charge on any atom is 0.246 e. The van der Waals surface area contributed by atoms with E-state index >= 15 is 0 Å². The van der Waals surface area contributed by atoms with Gasteiger partial charge in [0.05, 0.1) is 5.35 Å². The highest BCUT2D eigenvalue weighted by atomic mass is 16.1. The summed E-state index contributed by atoms with van der Waals surface area (Å²) in [6.45, 7) is 2.07. The normalized spacial score (nSPS) is 14.7. The topological polar surface area (TPSA) is 80.9 Å². The first-order valence-electron chi connectivity index (χ1n) is 7.32. The molecule has 1 aromatic carbocycles. The zero-order chi connectivity index (χ0) is 15.5. The van der Waals surface area contributed by atoms with Crippen LogP contribution in [0.2, 0.25) is 0 Å². The summed E-state index contributed by atoms with van der Waals surface area (Å²) in [6, 6.07) is 10.2. The Morgan fingerprint density at radius 2 is 2.05 bits per heavy atom. The van der Waals surface area contributed by atoms with Gasteiger partial charge in [-0.3, -0.25) is 4.79 Å². The lowest BCUT2D eigenvalue weighted by Crippen LogP contribution is -2.39. The number of amides is 1. The molecule has 0 unspecified atom stereocenters. The number of carbonyl (C=O) groups is 1. The molecule has 1 amide bonds. The van der Waals surface area contributed by atoms with E-state index in [4.69, 9.17) is 5.73 Å². The van der Waals surface area contributed by atoms with Gasteiger partial charge in [0.1, 0.15) is 12.1 Å². The van der Waals surface area contributed by atoms with Crippen LogP contribution in [0.3, 0.4) is 0 Å². The lowest BCUT2D eigenvalue weighted by Gasteiger charge is -2.16. The number of nitrogens with zero attached hydrogens (tertiary/aromatic N) is 2. The van der Waals surface area contributed by atoms with Crippen molar-refractivity contribution in [2.75, 3.05) is 5.32 Å². The Morgan fingerprint density at radius 3 is 2.77 bits per heavy atom. The predicted molar refractivity (Wildman–Crippen MR) is 86.1 cm³/mol. The molecule has 3 rings (SSSR count). The number of hydrogen-bond donors (Lipinski definition) is 2. The van der Waals surface area contributed by atoms with Crippen LogP contribution in [0.1, 0.15) is 31.4 Å². The average molecular weight is 294 g/mol. The molecule has 5 heteroatoms. The van der Waals surface area contributed by atoms with Crippen LogP contribution in [-0.2, 0) is 4.79 Å². The molecular formula is C17H18N4O. The zero-order valence-electron chi connectivity index (χ0n) is 12.4. The molecule has 0 saturated heterocycles. The first-order chi connectivity index (χ1) is 10.7. The summed E-state index contributed by atoms with van der Waals surface area (Å²) in [4.78, 5) is 20.1. The van der Waals surface area contributed by atoms with Crippen LogP contribution in [-0.4, -0.2) is 15.9 Å². The SMILES string of the molecule is C[C@@H](Nc1ncnc2c1=CCCC=2C(N)=O)c1ccccc1. The number of benzene rings is 1. The minimum Gasteiger partial charge on any atom is -0.366 e. The molecule has 1 heterocycles. The predicted octanol–water partition coefficient (Wildman–Crippen LogP) is 0.860.